The Labute approximate surface area is 207 Å². The van der Waals surface area contributed by atoms with Gasteiger partial charge < -0.3 is 4.74 Å². The van der Waals surface area contributed by atoms with Crippen molar-refractivity contribution in [2.24, 2.45) is 0 Å². The van der Waals surface area contributed by atoms with Gasteiger partial charge in [0, 0.05) is 11.8 Å². The third-order valence-corrected chi connectivity index (χ3v) is 6.27. The number of halogens is 4. The van der Waals surface area contributed by atoms with Gasteiger partial charge in [-0.2, -0.15) is 0 Å². The summed E-state index contributed by atoms with van der Waals surface area (Å²) in [6.45, 7) is 2.77. The molecule has 0 aliphatic heterocycles. The summed E-state index contributed by atoms with van der Waals surface area (Å²) >= 11 is 5.53. The van der Waals surface area contributed by atoms with Gasteiger partial charge in [0.25, 0.3) is 0 Å². The van der Waals surface area contributed by atoms with Crippen LogP contribution in [0.2, 0.25) is 5.02 Å². The van der Waals surface area contributed by atoms with Crippen molar-refractivity contribution in [2.75, 3.05) is 6.61 Å². The summed E-state index contributed by atoms with van der Waals surface area (Å²) in [5.74, 6) is -0.536. The lowest BCUT2D eigenvalue weighted by atomic mass is 9.98. The van der Waals surface area contributed by atoms with Crippen LogP contribution in [-0.4, -0.2) is 16.6 Å². The Balaban J connectivity index is 1.39. The molecule has 0 unspecified atom stereocenters. The second-order valence-electron chi connectivity index (χ2n) is 8.50. The summed E-state index contributed by atoms with van der Waals surface area (Å²) in [5, 5.41) is 0.791. The van der Waals surface area contributed by atoms with Crippen LogP contribution in [0.3, 0.4) is 0 Å². The Morgan fingerprint density at radius 2 is 1.54 bits per heavy atom. The van der Waals surface area contributed by atoms with Crippen molar-refractivity contribution in [1.29, 1.82) is 0 Å². The highest BCUT2D eigenvalue weighted by Gasteiger charge is 2.12. The van der Waals surface area contributed by atoms with Crippen LogP contribution in [0.1, 0.15) is 42.3 Å². The first-order valence-electron chi connectivity index (χ1n) is 11.7. The summed E-state index contributed by atoms with van der Waals surface area (Å²) in [6.07, 6.45) is 7.46. The molecule has 0 bridgehead atoms. The highest BCUT2D eigenvalue weighted by Crippen LogP contribution is 2.25. The minimum Gasteiger partial charge on any atom is -0.490 e. The maximum atomic E-state index is 15.1. The Morgan fingerprint density at radius 3 is 2.26 bits per heavy atom. The summed E-state index contributed by atoms with van der Waals surface area (Å²) < 4.78 is 48.1. The fraction of sp³-hybridized carbons (Fsp3) is 0.286. The molecule has 0 amide bonds. The first kappa shape index (κ1) is 25.0. The monoisotopic (exact) mass is 498 g/mol. The second kappa shape index (κ2) is 11.5. The molecule has 0 aliphatic carbocycles. The van der Waals surface area contributed by atoms with Crippen LogP contribution >= 0.6 is 11.6 Å². The van der Waals surface area contributed by atoms with Gasteiger partial charge in [0.15, 0.2) is 5.75 Å². The number of nitrogens with zero attached hydrogens (tertiary/aromatic N) is 2. The van der Waals surface area contributed by atoms with Gasteiger partial charge in [-0.1, -0.05) is 55.3 Å². The van der Waals surface area contributed by atoms with E-state index < -0.39 is 16.7 Å². The molecule has 0 saturated heterocycles. The molecule has 0 aliphatic rings. The molecule has 35 heavy (non-hydrogen) atoms. The van der Waals surface area contributed by atoms with Gasteiger partial charge in [-0.15, -0.1) is 0 Å². The van der Waals surface area contributed by atoms with Crippen LogP contribution in [0.5, 0.6) is 5.75 Å². The molecule has 0 saturated carbocycles. The summed E-state index contributed by atoms with van der Waals surface area (Å²) in [6, 6.07) is 11.6. The van der Waals surface area contributed by atoms with E-state index in [-0.39, 0.29) is 5.82 Å². The lowest BCUT2D eigenvalue weighted by Crippen LogP contribution is -2.01. The molecule has 1 heterocycles. The largest absolute Gasteiger partial charge is 0.490 e. The minimum absolute atomic E-state index is 0.300. The lowest BCUT2D eigenvalue weighted by molar-refractivity contribution is 0.306. The van der Waals surface area contributed by atoms with E-state index in [9.17, 15) is 8.78 Å². The minimum atomic E-state index is -0.810. The molecule has 0 atom stereocenters. The standard InChI is InChI=1S/C28H26ClF3N2O/c1-2-3-12-35-22-16-33-26(34-17-22)11-6-18-5-10-23-21(13-18)9-8-20(28(23)32)7-4-19-14-24(30)27(29)25(31)15-19/h5,8-10,13-17H,2-4,6-7,11-12H2,1H3. The zero-order valence-corrected chi connectivity index (χ0v) is 20.2. The van der Waals surface area contributed by atoms with Crippen LogP contribution in [0.25, 0.3) is 10.8 Å². The number of fused-ring (bicyclic) bond motifs is 1. The van der Waals surface area contributed by atoms with Gasteiger partial charge in [-0.25, -0.2) is 23.1 Å². The van der Waals surface area contributed by atoms with E-state index in [2.05, 4.69) is 16.9 Å². The molecule has 3 nitrogen and oxygen atoms in total. The molecular formula is C28H26ClF3N2O. The molecule has 3 aromatic carbocycles. The van der Waals surface area contributed by atoms with Crippen LogP contribution in [0.15, 0.2) is 54.9 Å². The van der Waals surface area contributed by atoms with Gasteiger partial charge in [-0.3, -0.25) is 0 Å². The third-order valence-electron chi connectivity index (χ3n) is 5.91. The summed E-state index contributed by atoms with van der Waals surface area (Å²) in [7, 11) is 0. The zero-order valence-electron chi connectivity index (χ0n) is 19.5. The molecule has 182 valence electrons. The zero-order chi connectivity index (χ0) is 24.8. The Morgan fingerprint density at radius 1 is 0.829 bits per heavy atom. The molecular weight excluding hydrogens is 473 g/mol. The molecule has 4 rings (SSSR count). The van der Waals surface area contributed by atoms with E-state index in [1.807, 2.05) is 18.2 Å². The third kappa shape index (κ3) is 6.31. The van der Waals surface area contributed by atoms with E-state index in [4.69, 9.17) is 16.3 Å². The number of rotatable bonds is 10. The van der Waals surface area contributed by atoms with Crippen LogP contribution in [0.4, 0.5) is 13.2 Å². The van der Waals surface area contributed by atoms with Crippen LogP contribution < -0.4 is 4.74 Å². The Kier molecular flexibility index (Phi) is 8.24. The fourth-order valence-corrected chi connectivity index (χ4v) is 4.01. The number of aromatic nitrogens is 2. The van der Waals surface area contributed by atoms with Crippen molar-refractivity contribution in [3.05, 3.63) is 99.8 Å². The van der Waals surface area contributed by atoms with Gasteiger partial charge in [0.2, 0.25) is 0 Å². The SMILES string of the molecule is CCCCOc1cnc(CCc2ccc3c(F)c(CCc4cc(F)c(Cl)c(F)c4)ccc3c2)nc1. The van der Waals surface area contributed by atoms with Crippen molar-refractivity contribution in [3.8, 4) is 5.75 Å². The van der Waals surface area contributed by atoms with Gasteiger partial charge in [-0.05, 0) is 59.9 Å². The fourth-order valence-electron chi connectivity index (χ4n) is 3.90. The Hall–Kier alpha value is -3.12. The number of hydrogen-bond acceptors (Lipinski definition) is 3. The number of unbranched alkanes of at least 4 members (excludes halogenated alkanes) is 1. The quantitative estimate of drug-likeness (QED) is 0.168. The summed E-state index contributed by atoms with van der Waals surface area (Å²) in [5.41, 5.74) is 1.99. The molecule has 0 fully saturated rings. The molecule has 7 heteroatoms. The maximum Gasteiger partial charge on any atom is 0.155 e. The Bertz CT molecular complexity index is 1290. The highest BCUT2D eigenvalue weighted by molar-refractivity contribution is 6.30. The van der Waals surface area contributed by atoms with E-state index >= 15 is 4.39 Å². The number of aryl methyl sites for hydroxylation is 4. The lowest BCUT2D eigenvalue weighted by Gasteiger charge is -2.10. The molecule has 0 N–H and O–H groups in total. The van der Waals surface area contributed by atoms with E-state index in [1.165, 1.54) is 12.1 Å². The van der Waals surface area contributed by atoms with Crippen molar-refractivity contribution in [3.63, 3.8) is 0 Å². The molecule has 1 aromatic heterocycles. The first-order valence-corrected chi connectivity index (χ1v) is 12.1. The highest BCUT2D eigenvalue weighted by atomic mass is 35.5. The van der Waals surface area contributed by atoms with Crippen LogP contribution in [0, 0.1) is 17.5 Å². The topological polar surface area (TPSA) is 35.0 Å². The number of benzene rings is 3. The second-order valence-corrected chi connectivity index (χ2v) is 8.88. The molecule has 0 spiro atoms. The summed E-state index contributed by atoms with van der Waals surface area (Å²) in [4.78, 5) is 8.74. The van der Waals surface area contributed by atoms with Crippen LogP contribution in [-0.2, 0) is 25.7 Å². The van der Waals surface area contributed by atoms with Crippen molar-refractivity contribution in [1.82, 2.24) is 9.97 Å². The molecule has 0 radical (unpaired) electrons. The molecule has 4 aromatic rings. The van der Waals surface area contributed by atoms with Gasteiger partial charge >= 0.3 is 0 Å². The first-order chi connectivity index (χ1) is 16.9. The normalized spacial score (nSPS) is 11.2. The average molecular weight is 499 g/mol. The van der Waals surface area contributed by atoms with Crippen molar-refractivity contribution >= 4 is 22.4 Å². The number of ether oxygens (including phenoxy) is 1. The predicted molar refractivity (Wildman–Crippen MR) is 133 cm³/mol. The van der Waals surface area contributed by atoms with E-state index in [1.54, 1.807) is 24.5 Å². The number of hydrogen-bond donors (Lipinski definition) is 0. The van der Waals surface area contributed by atoms with Crippen molar-refractivity contribution in [2.45, 2.75) is 45.4 Å². The van der Waals surface area contributed by atoms with Gasteiger partial charge in [0.1, 0.15) is 28.3 Å². The van der Waals surface area contributed by atoms with Crippen molar-refractivity contribution < 1.29 is 17.9 Å². The van der Waals surface area contributed by atoms with Gasteiger partial charge in [0.05, 0.1) is 19.0 Å². The van der Waals surface area contributed by atoms with E-state index in [0.717, 1.165) is 36.0 Å². The smallest absolute Gasteiger partial charge is 0.155 e. The predicted octanol–water partition coefficient (Wildman–Crippen LogP) is 7.45. The average Bonchev–Trinajstić information content (AvgIpc) is 2.86. The maximum absolute atomic E-state index is 15.1. The van der Waals surface area contributed by atoms with E-state index in [0.29, 0.717) is 48.1 Å².